The maximum absolute atomic E-state index is 11.6. The number of rotatable bonds is 8. The van der Waals surface area contributed by atoms with Gasteiger partial charge in [0.25, 0.3) is 0 Å². The molecule has 4 N–H and O–H groups in total. The minimum Gasteiger partial charge on any atom is -0.352 e. The second-order valence-corrected chi connectivity index (χ2v) is 4.86. The molecule has 0 radical (unpaired) electrons. The van der Waals surface area contributed by atoms with E-state index in [4.69, 9.17) is 5.73 Å². The van der Waals surface area contributed by atoms with E-state index in [1.54, 1.807) is 0 Å². The molecule has 0 bridgehead atoms. The highest BCUT2D eigenvalue weighted by atomic mass is 16.2. The molecule has 0 fully saturated rings. The largest absolute Gasteiger partial charge is 0.352 e. The van der Waals surface area contributed by atoms with Gasteiger partial charge in [-0.3, -0.25) is 4.79 Å². The van der Waals surface area contributed by atoms with E-state index in [9.17, 15) is 9.59 Å². The highest BCUT2D eigenvalue weighted by Gasteiger charge is 2.01. The molecule has 0 atom stereocenters. The molecule has 0 spiro atoms. The van der Waals surface area contributed by atoms with E-state index in [-0.39, 0.29) is 5.91 Å². The third-order valence-corrected chi connectivity index (χ3v) is 2.99. The average Bonchev–Trinajstić information content (AvgIpc) is 2.41. The van der Waals surface area contributed by atoms with E-state index >= 15 is 0 Å². The fourth-order valence-corrected chi connectivity index (χ4v) is 1.79. The number of benzene rings is 1. The zero-order valence-electron chi connectivity index (χ0n) is 11.9. The van der Waals surface area contributed by atoms with Crippen LogP contribution in [0.3, 0.4) is 0 Å². The summed E-state index contributed by atoms with van der Waals surface area (Å²) in [6.07, 6.45) is 3.08. The Bertz CT molecular complexity index is 429. The van der Waals surface area contributed by atoms with Crippen LogP contribution < -0.4 is 16.4 Å². The maximum Gasteiger partial charge on any atom is 0.312 e. The lowest BCUT2D eigenvalue weighted by molar-refractivity contribution is -0.121. The van der Waals surface area contributed by atoms with E-state index in [1.165, 1.54) is 5.56 Å². The normalized spacial score (nSPS) is 10.1. The minimum absolute atomic E-state index is 0.0634. The second kappa shape index (κ2) is 8.96. The Balaban J connectivity index is 2.06. The van der Waals surface area contributed by atoms with Gasteiger partial charge in [0.1, 0.15) is 0 Å². The van der Waals surface area contributed by atoms with Crippen molar-refractivity contribution in [2.45, 2.75) is 39.2 Å². The van der Waals surface area contributed by atoms with Crippen LogP contribution in [0.25, 0.3) is 0 Å². The SMILES string of the molecule is Cc1ccc(CNC(=O)CCCCCNC(N)=O)cc1. The zero-order chi connectivity index (χ0) is 14.8. The highest BCUT2D eigenvalue weighted by molar-refractivity contribution is 5.75. The Kier molecular flexibility index (Phi) is 7.17. The number of hydrogen-bond donors (Lipinski definition) is 3. The number of carbonyl (C=O) groups excluding carboxylic acids is 2. The fraction of sp³-hybridized carbons (Fsp3) is 0.467. The lowest BCUT2D eigenvalue weighted by Crippen LogP contribution is -2.30. The first-order valence-electron chi connectivity index (χ1n) is 6.93. The lowest BCUT2D eigenvalue weighted by Gasteiger charge is -2.06. The molecule has 0 aromatic heterocycles. The third-order valence-electron chi connectivity index (χ3n) is 2.99. The van der Waals surface area contributed by atoms with Crippen molar-refractivity contribution >= 4 is 11.9 Å². The van der Waals surface area contributed by atoms with E-state index in [0.29, 0.717) is 19.5 Å². The predicted molar refractivity (Wildman–Crippen MR) is 79.1 cm³/mol. The topological polar surface area (TPSA) is 84.2 Å². The first-order valence-corrected chi connectivity index (χ1v) is 6.93. The van der Waals surface area contributed by atoms with Crippen LogP contribution in [0.4, 0.5) is 4.79 Å². The van der Waals surface area contributed by atoms with Gasteiger partial charge >= 0.3 is 6.03 Å². The van der Waals surface area contributed by atoms with Gasteiger partial charge in [-0.05, 0) is 25.3 Å². The first-order chi connectivity index (χ1) is 9.58. The molecule has 0 heterocycles. The molecule has 1 aromatic carbocycles. The molecule has 5 nitrogen and oxygen atoms in total. The minimum atomic E-state index is -0.499. The number of nitrogens with two attached hydrogens (primary N) is 1. The lowest BCUT2D eigenvalue weighted by atomic mass is 10.1. The Morgan fingerprint density at radius 1 is 1.05 bits per heavy atom. The monoisotopic (exact) mass is 277 g/mol. The number of carbonyl (C=O) groups is 2. The van der Waals surface area contributed by atoms with Crippen molar-refractivity contribution in [3.63, 3.8) is 0 Å². The van der Waals surface area contributed by atoms with E-state index in [2.05, 4.69) is 10.6 Å². The fourth-order valence-electron chi connectivity index (χ4n) is 1.79. The molecule has 0 aliphatic carbocycles. The van der Waals surface area contributed by atoms with Crippen LogP contribution in [0.15, 0.2) is 24.3 Å². The molecule has 1 aromatic rings. The molecular formula is C15H23N3O2. The van der Waals surface area contributed by atoms with Crippen molar-refractivity contribution in [2.24, 2.45) is 5.73 Å². The van der Waals surface area contributed by atoms with Crippen molar-refractivity contribution in [2.75, 3.05) is 6.54 Å². The maximum atomic E-state index is 11.6. The molecule has 1 rings (SSSR count). The molecule has 5 heteroatoms. The Morgan fingerprint density at radius 2 is 1.75 bits per heavy atom. The average molecular weight is 277 g/mol. The summed E-state index contributed by atoms with van der Waals surface area (Å²) in [5.74, 6) is 0.0634. The van der Waals surface area contributed by atoms with E-state index < -0.39 is 6.03 Å². The molecule has 0 unspecified atom stereocenters. The molecule has 0 saturated carbocycles. The van der Waals surface area contributed by atoms with Crippen LogP contribution in [0.5, 0.6) is 0 Å². The van der Waals surface area contributed by atoms with Crippen molar-refractivity contribution in [3.8, 4) is 0 Å². The molecule has 3 amide bonds. The number of primary amides is 1. The van der Waals surface area contributed by atoms with Gasteiger partial charge in [-0.2, -0.15) is 0 Å². The summed E-state index contributed by atoms with van der Waals surface area (Å²) >= 11 is 0. The molecule has 0 aliphatic heterocycles. The van der Waals surface area contributed by atoms with Crippen molar-refractivity contribution in [1.82, 2.24) is 10.6 Å². The quantitative estimate of drug-likeness (QED) is 0.633. The van der Waals surface area contributed by atoms with Crippen molar-refractivity contribution in [1.29, 1.82) is 0 Å². The van der Waals surface area contributed by atoms with Crippen LogP contribution >= 0.6 is 0 Å². The van der Waals surface area contributed by atoms with Crippen molar-refractivity contribution in [3.05, 3.63) is 35.4 Å². The molecule has 0 aliphatic rings. The van der Waals surface area contributed by atoms with Crippen LogP contribution in [0, 0.1) is 6.92 Å². The van der Waals surface area contributed by atoms with Gasteiger partial charge in [-0.1, -0.05) is 36.2 Å². The first kappa shape index (κ1) is 16.0. The number of amides is 3. The standard InChI is InChI=1S/C15H23N3O2/c1-12-6-8-13(9-7-12)11-18-14(19)5-3-2-4-10-17-15(16)20/h6-9H,2-5,10-11H2,1H3,(H,18,19)(H3,16,17,20). The Morgan fingerprint density at radius 3 is 2.40 bits per heavy atom. The molecule has 20 heavy (non-hydrogen) atoms. The van der Waals surface area contributed by atoms with Crippen molar-refractivity contribution < 1.29 is 9.59 Å². The third kappa shape index (κ3) is 7.41. The van der Waals surface area contributed by atoms with Gasteiger partial charge < -0.3 is 16.4 Å². The summed E-state index contributed by atoms with van der Waals surface area (Å²) in [4.78, 5) is 22.1. The van der Waals surface area contributed by atoms with Gasteiger partial charge in [-0.15, -0.1) is 0 Å². The molecule has 0 saturated heterocycles. The Hall–Kier alpha value is -2.04. The number of hydrogen-bond acceptors (Lipinski definition) is 2. The number of aryl methyl sites for hydroxylation is 1. The van der Waals surface area contributed by atoms with Crippen LogP contribution in [-0.2, 0) is 11.3 Å². The summed E-state index contributed by atoms with van der Waals surface area (Å²) < 4.78 is 0. The predicted octanol–water partition coefficient (Wildman–Crippen LogP) is 1.84. The second-order valence-electron chi connectivity index (χ2n) is 4.86. The van der Waals surface area contributed by atoms with E-state index in [1.807, 2.05) is 31.2 Å². The van der Waals surface area contributed by atoms with Crippen LogP contribution in [-0.4, -0.2) is 18.5 Å². The Labute approximate surface area is 119 Å². The van der Waals surface area contributed by atoms with Crippen LogP contribution in [0.2, 0.25) is 0 Å². The van der Waals surface area contributed by atoms with E-state index in [0.717, 1.165) is 24.8 Å². The summed E-state index contributed by atoms with van der Waals surface area (Å²) in [6.45, 7) is 3.18. The molecule has 110 valence electrons. The van der Waals surface area contributed by atoms with Gasteiger partial charge in [-0.25, -0.2) is 4.79 Å². The summed E-state index contributed by atoms with van der Waals surface area (Å²) in [6, 6.07) is 7.61. The van der Waals surface area contributed by atoms with Gasteiger partial charge in [0.05, 0.1) is 0 Å². The van der Waals surface area contributed by atoms with Gasteiger partial charge in [0, 0.05) is 19.5 Å². The number of nitrogens with one attached hydrogen (secondary N) is 2. The smallest absolute Gasteiger partial charge is 0.312 e. The van der Waals surface area contributed by atoms with Gasteiger partial charge in [0.15, 0.2) is 0 Å². The summed E-state index contributed by atoms with van der Waals surface area (Å²) in [7, 11) is 0. The summed E-state index contributed by atoms with van der Waals surface area (Å²) in [5.41, 5.74) is 7.26. The number of unbranched alkanes of at least 4 members (excludes halogenated alkanes) is 2. The summed E-state index contributed by atoms with van der Waals surface area (Å²) in [5, 5.41) is 5.42. The highest BCUT2D eigenvalue weighted by Crippen LogP contribution is 2.03. The van der Waals surface area contributed by atoms with Crippen LogP contribution in [0.1, 0.15) is 36.8 Å². The zero-order valence-corrected chi connectivity index (χ0v) is 11.9. The number of urea groups is 1. The molecular weight excluding hydrogens is 254 g/mol. The van der Waals surface area contributed by atoms with Gasteiger partial charge in [0.2, 0.25) is 5.91 Å².